The van der Waals surface area contributed by atoms with Crippen LogP contribution in [-0.4, -0.2) is 22.5 Å². The van der Waals surface area contributed by atoms with Gasteiger partial charge in [-0.1, -0.05) is 24.3 Å². The highest BCUT2D eigenvalue weighted by atomic mass is 79.9. The van der Waals surface area contributed by atoms with Crippen LogP contribution in [0.5, 0.6) is 5.75 Å². The summed E-state index contributed by atoms with van der Waals surface area (Å²) in [7, 11) is 0. The lowest BCUT2D eigenvalue weighted by atomic mass is 10.1. The zero-order valence-electron chi connectivity index (χ0n) is 12.2. The van der Waals surface area contributed by atoms with Gasteiger partial charge in [0.05, 0.1) is 5.69 Å². The van der Waals surface area contributed by atoms with E-state index in [2.05, 4.69) is 26.2 Å². The first-order valence-corrected chi connectivity index (χ1v) is 7.69. The van der Waals surface area contributed by atoms with Crippen LogP contribution in [0, 0.1) is 11.3 Å². The molecular weight excluding hydrogens is 358 g/mol. The molecule has 0 saturated carbocycles. The lowest BCUT2D eigenvalue weighted by Crippen LogP contribution is -2.26. The number of hydrogen-bond donors (Lipinski definition) is 2. The van der Waals surface area contributed by atoms with E-state index in [1.54, 1.807) is 36.4 Å². The molecule has 0 fully saturated rings. The number of hydrogen-bond acceptors (Lipinski definition) is 4. The number of aromatic nitrogens is 1. The molecule has 2 rings (SSSR count). The van der Waals surface area contributed by atoms with Crippen LogP contribution in [0.3, 0.4) is 0 Å². The predicted molar refractivity (Wildman–Crippen MR) is 90.3 cm³/mol. The van der Waals surface area contributed by atoms with Gasteiger partial charge in [-0.25, -0.2) is 4.98 Å². The van der Waals surface area contributed by atoms with E-state index in [0.717, 1.165) is 5.56 Å². The van der Waals surface area contributed by atoms with Crippen molar-refractivity contribution in [2.24, 2.45) is 0 Å². The highest BCUT2D eigenvalue weighted by Crippen LogP contribution is 2.15. The number of phenols is 1. The van der Waals surface area contributed by atoms with Crippen LogP contribution in [0.25, 0.3) is 6.08 Å². The number of phenolic OH excluding ortho intramolecular Hbond substituents is 1. The van der Waals surface area contributed by atoms with Crippen molar-refractivity contribution in [3.05, 3.63) is 63.9 Å². The highest BCUT2D eigenvalue weighted by Gasteiger charge is 2.09. The van der Waals surface area contributed by atoms with E-state index in [1.807, 2.05) is 12.1 Å². The molecule has 0 atom stereocenters. The topological polar surface area (TPSA) is 86.0 Å². The predicted octanol–water partition coefficient (Wildman–Crippen LogP) is 2.82. The number of carbonyl (C=O) groups excluding carboxylic acids is 1. The second-order valence-corrected chi connectivity index (χ2v) is 5.50. The van der Waals surface area contributed by atoms with Crippen molar-refractivity contribution < 1.29 is 9.90 Å². The smallest absolute Gasteiger partial charge is 0.262 e. The maximum atomic E-state index is 12.0. The third kappa shape index (κ3) is 4.94. The van der Waals surface area contributed by atoms with Crippen molar-refractivity contribution >= 4 is 27.9 Å². The summed E-state index contributed by atoms with van der Waals surface area (Å²) in [6.07, 6.45) is 1.91. The summed E-state index contributed by atoms with van der Waals surface area (Å²) >= 11 is 3.24. The minimum Gasteiger partial charge on any atom is -0.508 e. The van der Waals surface area contributed by atoms with Crippen LogP contribution in [0.15, 0.2) is 52.6 Å². The maximum absolute atomic E-state index is 12.0. The fraction of sp³-hybridized carbons (Fsp3) is 0.118. The molecule has 1 heterocycles. The molecule has 0 bridgehead atoms. The molecule has 0 spiro atoms. The van der Waals surface area contributed by atoms with Gasteiger partial charge >= 0.3 is 0 Å². The summed E-state index contributed by atoms with van der Waals surface area (Å²) in [5, 5.41) is 21.5. The van der Waals surface area contributed by atoms with Crippen LogP contribution in [-0.2, 0) is 11.2 Å². The Morgan fingerprint density at radius 2 is 2.09 bits per heavy atom. The highest BCUT2D eigenvalue weighted by molar-refractivity contribution is 9.10. The van der Waals surface area contributed by atoms with Gasteiger partial charge in [-0.2, -0.15) is 5.26 Å². The quantitative estimate of drug-likeness (QED) is 0.480. The van der Waals surface area contributed by atoms with Gasteiger partial charge in [-0.15, -0.1) is 0 Å². The first-order valence-electron chi connectivity index (χ1n) is 6.89. The molecule has 23 heavy (non-hydrogen) atoms. The molecule has 0 aliphatic heterocycles. The largest absolute Gasteiger partial charge is 0.508 e. The fourth-order valence-electron chi connectivity index (χ4n) is 1.93. The zero-order chi connectivity index (χ0) is 16.7. The summed E-state index contributed by atoms with van der Waals surface area (Å²) in [6.45, 7) is 0.321. The minimum absolute atomic E-state index is 0.0205. The average Bonchev–Trinajstić information content (AvgIpc) is 2.54. The molecule has 1 aromatic heterocycles. The van der Waals surface area contributed by atoms with Gasteiger partial charge in [0.1, 0.15) is 22.0 Å². The van der Waals surface area contributed by atoms with Crippen LogP contribution >= 0.6 is 15.9 Å². The van der Waals surface area contributed by atoms with Gasteiger partial charge in [0, 0.05) is 6.54 Å². The summed E-state index contributed by atoms with van der Waals surface area (Å²) < 4.78 is 0.628. The number of carbonyl (C=O) groups is 1. The van der Waals surface area contributed by atoms with Crippen molar-refractivity contribution in [2.45, 2.75) is 6.42 Å². The second-order valence-electron chi connectivity index (χ2n) is 4.69. The van der Waals surface area contributed by atoms with Crippen molar-refractivity contribution in [1.82, 2.24) is 10.3 Å². The number of amides is 1. The molecule has 1 aromatic carbocycles. The molecule has 6 heteroatoms. The summed E-state index contributed by atoms with van der Waals surface area (Å²) in [6, 6.07) is 14.0. The second kappa shape index (κ2) is 8.11. The number of nitrogens with zero attached hydrogens (tertiary/aromatic N) is 2. The van der Waals surface area contributed by atoms with Crippen molar-refractivity contribution in [3.8, 4) is 11.8 Å². The average molecular weight is 372 g/mol. The van der Waals surface area contributed by atoms with Crippen LogP contribution in [0.4, 0.5) is 0 Å². The molecule has 0 aliphatic rings. The van der Waals surface area contributed by atoms with Gasteiger partial charge in [-0.3, -0.25) is 4.79 Å². The van der Waals surface area contributed by atoms with E-state index >= 15 is 0 Å². The third-order valence-corrected chi connectivity index (χ3v) is 3.51. The number of para-hydroxylation sites is 1. The number of nitrogens with one attached hydrogen (secondary N) is 1. The Labute approximate surface area is 142 Å². The Hall–Kier alpha value is -2.65. The van der Waals surface area contributed by atoms with Crippen LogP contribution < -0.4 is 5.32 Å². The molecule has 0 unspecified atom stereocenters. The van der Waals surface area contributed by atoms with Gasteiger partial charge < -0.3 is 10.4 Å². The molecule has 116 valence electrons. The molecule has 2 N–H and O–H groups in total. The number of aromatic hydroxyl groups is 1. The molecule has 0 saturated heterocycles. The number of pyridine rings is 1. The molecule has 5 nitrogen and oxygen atoms in total. The van der Waals surface area contributed by atoms with Crippen molar-refractivity contribution in [3.63, 3.8) is 0 Å². The summed E-state index contributed by atoms with van der Waals surface area (Å²) in [4.78, 5) is 16.2. The van der Waals surface area contributed by atoms with E-state index in [4.69, 9.17) is 5.26 Å². The van der Waals surface area contributed by atoms with Gasteiger partial charge in [0.15, 0.2) is 0 Å². The normalized spacial score (nSPS) is 10.9. The van der Waals surface area contributed by atoms with E-state index in [9.17, 15) is 9.90 Å². The first kappa shape index (κ1) is 16.7. The van der Waals surface area contributed by atoms with Crippen LogP contribution in [0.1, 0.15) is 11.3 Å². The first-order chi connectivity index (χ1) is 11.1. The van der Waals surface area contributed by atoms with Crippen LogP contribution in [0.2, 0.25) is 0 Å². The Morgan fingerprint density at radius 1 is 1.30 bits per heavy atom. The van der Waals surface area contributed by atoms with Gasteiger partial charge in [0.25, 0.3) is 5.91 Å². The maximum Gasteiger partial charge on any atom is 0.262 e. The number of halogens is 1. The van der Waals surface area contributed by atoms with E-state index < -0.39 is 5.91 Å². The molecule has 0 radical (unpaired) electrons. The molecule has 1 amide bonds. The summed E-state index contributed by atoms with van der Waals surface area (Å²) in [5.41, 5.74) is 1.24. The summed E-state index contributed by atoms with van der Waals surface area (Å²) in [5.74, 6) is -0.277. The standard InChI is InChI=1S/C17H14BrN3O2/c18-16-7-3-5-14(21-16)10-13(11-19)17(23)20-9-8-12-4-1-2-6-15(12)22/h1-7,10,22H,8-9H2,(H,20,23)/b13-10+. The Balaban J connectivity index is 1.98. The Kier molecular flexibility index (Phi) is 5.89. The number of rotatable bonds is 5. The third-order valence-electron chi connectivity index (χ3n) is 3.07. The Bertz CT molecular complexity index is 781. The zero-order valence-corrected chi connectivity index (χ0v) is 13.7. The number of nitriles is 1. The minimum atomic E-state index is -0.468. The van der Waals surface area contributed by atoms with E-state index in [-0.39, 0.29) is 11.3 Å². The van der Waals surface area contributed by atoms with Gasteiger partial charge in [-0.05, 0) is 52.2 Å². The number of benzene rings is 1. The molecule has 2 aromatic rings. The molecular formula is C17H14BrN3O2. The lowest BCUT2D eigenvalue weighted by Gasteiger charge is -2.06. The molecule has 0 aliphatic carbocycles. The lowest BCUT2D eigenvalue weighted by molar-refractivity contribution is -0.117. The van der Waals surface area contributed by atoms with Crippen molar-refractivity contribution in [1.29, 1.82) is 5.26 Å². The van der Waals surface area contributed by atoms with Gasteiger partial charge in [0.2, 0.25) is 0 Å². The monoisotopic (exact) mass is 371 g/mol. The fourth-order valence-corrected chi connectivity index (χ4v) is 2.29. The SMILES string of the molecule is N#C/C(=C\c1cccc(Br)n1)C(=O)NCCc1ccccc1O. The Morgan fingerprint density at radius 3 is 2.78 bits per heavy atom. The van der Waals surface area contributed by atoms with E-state index in [0.29, 0.717) is 23.3 Å². The van der Waals surface area contributed by atoms with E-state index in [1.165, 1.54) is 6.08 Å². The van der Waals surface area contributed by atoms with Crippen molar-refractivity contribution in [2.75, 3.05) is 6.54 Å².